The van der Waals surface area contributed by atoms with Crippen molar-refractivity contribution < 1.29 is 4.74 Å². The number of rotatable bonds is 6. The molecule has 0 spiro atoms. The summed E-state index contributed by atoms with van der Waals surface area (Å²) in [6.45, 7) is 7.69. The summed E-state index contributed by atoms with van der Waals surface area (Å²) in [5, 5.41) is 3.34. The van der Waals surface area contributed by atoms with Crippen LogP contribution in [0, 0.1) is 0 Å². The van der Waals surface area contributed by atoms with Gasteiger partial charge < -0.3 is 15.8 Å². The van der Waals surface area contributed by atoms with Gasteiger partial charge in [-0.3, -0.25) is 0 Å². The van der Waals surface area contributed by atoms with Crippen LogP contribution in [0.4, 0.5) is 0 Å². The Bertz CT molecular complexity index is 295. The maximum Gasteiger partial charge on any atom is 0.119 e. The standard InChI is InChI=1S/C13H22N2O/c1-10(2)16-13-6-4-12(5-7-13)11(3)15-9-8-14/h4-7,10-11,15H,8-9,14H2,1-3H3. The molecule has 0 fully saturated rings. The Morgan fingerprint density at radius 2 is 1.81 bits per heavy atom. The van der Waals surface area contributed by atoms with Gasteiger partial charge in [0, 0.05) is 19.1 Å². The zero-order chi connectivity index (χ0) is 12.0. The minimum Gasteiger partial charge on any atom is -0.491 e. The average molecular weight is 222 g/mol. The maximum absolute atomic E-state index is 5.59. The fourth-order valence-electron chi connectivity index (χ4n) is 1.52. The number of nitrogens with one attached hydrogen (secondary N) is 1. The first-order valence-electron chi connectivity index (χ1n) is 5.83. The zero-order valence-corrected chi connectivity index (χ0v) is 10.4. The van der Waals surface area contributed by atoms with E-state index in [1.165, 1.54) is 5.56 Å². The fraction of sp³-hybridized carbons (Fsp3) is 0.538. The normalized spacial score (nSPS) is 12.8. The van der Waals surface area contributed by atoms with Crippen LogP contribution in [0.2, 0.25) is 0 Å². The van der Waals surface area contributed by atoms with Gasteiger partial charge >= 0.3 is 0 Å². The molecule has 1 atom stereocenters. The third-order valence-corrected chi connectivity index (χ3v) is 2.35. The second kappa shape index (κ2) is 6.51. The molecule has 3 N–H and O–H groups in total. The number of ether oxygens (including phenoxy) is 1. The van der Waals surface area contributed by atoms with E-state index in [0.717, 1.165) is 12.3 Å². The maximum atomic E-state index is 5.59. The van der Waals surface area contributed by atoms with E-state index in [2.05, 4.69) is 24.4 Å². The van der Waals surface area contributed by atoms with E-state index in [-0.39, 0.29) is 6.10 Å². The summed E-state index contributed by atoms with van der Waals surface area (Å²) in [7, 11) is 0. The minimum atomic E-state index is 0.221. The van der Waals surface area contributed by atoms with Crippen LogP contribution in [0.25, 0.3) is 0 Å². The van der Waals surface area contributed by atoms with Crippen molar-refractivity contribution in [3.8, 4) is 5.75 Å². The highest BCUT2D eigenvalue weighted by atomic mass is 16.5. The lowest BCUT2D eigenvalue weighted by Gasteiger charge is -2.15. The van der Waals surface area contributed by atoms with Crippen molar-refractivity contribution in [3.05, 3.63) is 29.8 Å². The van der Waals surface area contributed by atoms with Gasteiger partial charge in [-0.05, 0) is 38.5 Å². The van der Waals surface area contributed by atoms with E-state index in [9.17, 15) is 0 Å². The van der Waals surface area contributed by atoms with Crippen molar-refractivity contribution in [1.82, 2.24) is 5.32 Å². The quantitative estimate of drug-likeness (QED) is 0.774. The van der Waals surface area contributed by atoms with Crippen LogP contribution in [0.1, 0.15) is 32.4 Å². The molecule has 0 radical (unpaired) electrons. The molecular formula is C13H22N2O. The summed E-state index contributed by atoms with van der Waals surface area (Å²) in [4.78, 5) is 0. The van der Waals surface area contributed by atoms with Gasteiger partial charge in [-0.2, -0.15) is 0 Å². The van der Waals surface area contributed by atoms with Crippen LogP contribution >= 0.6 is 0 Å². The van der Waals surface area contributed by atoms with Crippen molar-refractivity contribution in [2.75, 3.05) is 13.1 Å². The second-order valence-electron chi connectivity index (χ2n) is 4.20. The average Bonchev–Trinajstić information content (AvgIpc) is 2.26. The molecule has 3 nitrogen and oxygen atoms in total. The van der Waals surface area contributed by atoms with Crippen LogP contribution in [0.15, 0.2) is 24.3 Å². The largest absolute Gasteiger partial charge is 0.491 e. The van der Waals surface area contributed by atoms with Crippen molar-refractivity contribution >= 4 is 0 Å². The van der Waals surface area contributed by atoms with Crippen LogP contribution in [-0.2, 0) is 0 Å². The van der Waals surface area contributed by atoms with Crippen LogP contribution < -0.4 is 15.8 Å². The molecule has 1 unspecified atom stereocenters. The lowest BCUT2D eigenvalue weighted by molar-refractivity contribution is 0.242. The summed E-state index contributed by atoms with van der Waals surface area (Å²) in [6.07, 6.45) is 0.221. The van der Waals surface area contributed by atoms with Gasteiger partial charge in [-0.25, -0.2) is 0 Å². The molecule has 3 heteroatoms. The molecule has 0 heterocycles. The lowest BCUT2D eigenvalue weighted by atomic mass is 10.1. The van der Waals surface area contributed by atoms with Crippen LogP contribution in [0.3, 0.4) is 0 Å². The number of benzene rings is 1. The van der Waals surface area contributed by atoms with Crippen LogP contribution in [-0.4, -0.2) is 19.2 Å². The predicted molar refractivity (Wildman–Crippen MR) is 67.7 cm³/mol. The monoisotopic (exact) mass is 222 g/mol. The van der Waals surface area contributed by atoms with Gasteiger partial charge in [0.05, 0.1) is 6.10 Å². The Morgan fingerprint density at radius 3 is 2.31 bits per heavy atom. The van der Waals surface area contributed by atoms with Crippen molar-refractivity contribution in [1.29, 1.82) is 0 Å². The molecule has 0 bridgehead atoms. The smallest absolute Gasteiger partial charge is 0.119 e. The number of hydrogen-bond acceptors (Lipinski definition) is 3. The Kier molecular flexibility index (Phi) is 5.29. The van der Waals surface area contributed by atoms with Gasteiger partial charge in [0.15, 0.2) is 0 Å². The van der Waals surface area contributed by atoms with Gasteiger partial charge in [0.25, 0.3) is 0 Å². The second-order valence-corrected chi connectivity index (χ2v) is 4.20. The first-order chi connectivity index (χ1) is 7.63. The molecule has 16 heavy (non-hydrogen) atoms. The third kappa shape index (κ3) is 4.21. The molecule has 0 amide bonds. The van der Waals surface area contributed by atoms with Gasteiger partial charge in [0.1, 0.15) is 5.75 Å². The van der Waals surface area contributed by atoms with Crippen molar-refractivity contribution in [2.45, 2.75) is 32.9 Å². The summed E-state index contributed by atoms with van der Waals surface area (Å²) < 4.78 is 5.59. The minimum absolute atomic E-state index is 0.221. The lowest BCUT2D eigenvalue weighted by Crippen LogP contribution is -2.25. The summed E-state index contributed by atoms with van der Waals surface area (Å²) in [6, 6.07) is 8.53. The van der Waals surface area contributed by atoms with Crippen molar-refractivity contribution in [2.24, 2.45) is 5.73 Å². The molecule has 0 aromatic heterocycles. The molecule has 1 aromatic rings. The highest BCUT2D eigenvalue weighted by molar-refractivity contribution is 5.29. The van der Waals surface area contributed by atoms with Crippen molar-refractivity contribution in [3.63, 3.8) is 0 Å². The molecule has 90 valence electrons. The summed E-state index contributed by atoms with van der Waals surface area (Å²) in [5.74, 6) is 0.921. The van der Waals surface area contributed by atoms with Gasteiger partial charge in [-0.1, -0.05) is 12.1 Å². The predicted octanol–water partition coefficient (Wildman–Crippen LogP) is 2.08. The molecule has 0 saturated heterocycles. The Hall–Kier alpha value is -1.06. The first kappa shape index (κ1) is 13.0. The van der Waals surface area contributed by atoms with E-state index >= 15 is 0 Å². The van der Waals surface area contributed by atoms with E-state index < -0.39 is 0 Å². The molecule has 0 aliphatic carbocycles. The Labute approximate surface area is 98.0 Å². The number of nitrogens with two attached hydrogens (primary N) is 1. The van der Waals surface area contributed by atoms with E-state index in [0.29, 0.717) is 12.6 Å². The molecule has 0 saturated carbocycles. The van der Waals surface area contributed by atoms with E-state index in [4.69, 9.17) is 10.5 Å². The molecule has 1 aromatic carbocycles. The zero-order valence-electron chi connectivity index (χ0n) is 10.4. The van der Waals surface area contributed by atoms with E-state index in [1.807, 2.05) is 26.0 Å². The Morgan fingerprint density at radius 1 is 1.19 bits per heavy atom. The summed E-state index contributed by atoms with van der Waals surface area (Å²) >= 11 is 0. The molecular weight excluding hydrogens is 200 g/mol. The highest BCUT2D eigenvalue weighted by Crippen LogP contribution is 2.18. The van der Waals surface area contributed by atoms with E-state index in [1.54, 1.807) is 0 Å². The van der Waals surface area contributed by atoms with Gasteiger partial charge in [0.2, 0.25) is 0 Å². The van der Waals surface area contributed by atoms with Crippen LogP contribution in [0.5, 0.6) is 5.75 Å². The summed E-state index contributed by atoms with van der Waals surface area (Å²) in [5.41, 5.74) is 6.71. The molecule has 1 rings (SSSR count). The molecule has 0 aliphatic rings. The topological polar surface area (TPSA) is 47.3 Å². The fourth-order valence-corrected chi connectivity index (χ4v) is 1.52. The van der Waals surface area contributed by atoms with Gasteiger partial charge in [-0.15, -0.1) is 0 Å². The Balaban J connectivity index is 2.56. The highest BCUT2D eigenvalue weighted by Gasteiger charge is 2.04. The number of hydrogen-bond donors (Lipinski definition) is 2. The first-order valence-corrected chi connectivity index (χ1v) is 5.83. The third-order valence-electron chi connectivity index (χ3n) is 2.35. The molecule has 0 aliphatic heterocycles. The SMILES string of the molecule is CC(C)Oc1ccc(C(C)NCCN)cc1.